The zero-order valence-electron chi connectivity index (χ0n) is 4.74. The van der Waals surface area contributed by atoms with Crippen LogP contribution in [0.4, 0.5) is 5.82 Å². The lowest BCUT2D eigenvalue weighted by Gasteiger charge is -1.81. The number of hydrogen-bond donors (Lipinski definition) is 0. The van der Waals surface area contributed by atoms with E-state index in [1.54, 1.807) is 7.05 Å². The monoisotopic (exact) mass is 126 g/mol. The molecule has 0 N–H and O–H groups in total. The van der Waals surface area contributed by atoms with Crippen LogP contribution >= 0.6 is 0 Å². The highest BCUT2D eigenvalue weighted by Crippen LogP contribution is 2.01. The van der Waals surface area contributed by atoms with E-state index in [0.29, 0.717) is 0 Å². The van der Waals surface area contributed by atoms with Crippen LogP contribution in [0.5, 0.6) is 0 Å². The van der Waals surface area contributed by atoms with Gasteiger partial charge in [-0.3, -0.25) is 0 Å². The molecule has 0 saturated heterocycles. The van der Waals surface area contributed by atoms with Crippen molar-refractivity contribution < 1.29 is 4.92 Å². The number of rotatable bonds is 1. The molecule has 1 radical (unpaired) electrons. The summed E-state index contributed by atoms with van der Waals surface area (Å²) in [6.07, 6.45) is 2.51. The van der Waals surface area contributed by atoms with Gasteiger partial charge in [0, 0.05) is 0 Å². The summed E-state index contributed by atoms with van der Waals surface area (Å²) >= 11 is 0. The molecule has 0 spiro atoms. The van der Waals surface area contributed by atoms with Gasteiger partial charge in [0.25, 0.3) is 0 Å². The molecule has 0 amide bonds. The topological polar surface area (TPSA) is 61.0 Å². The van der Waals surface area contributed by atoms with E-state index in [0.717, 1.165) is 0 Å². The fraction of sp³-hybridized carbons (Fsp3) is 0.250. The van der Waals surface area contributed by atoms with Crippen LogP contribution in [0.2, 0.25) is 0 Å². The van der Waals surface area contributed by atoms with Gasteiger partial charge in [-0.15, -0.1) is 0 Å². The maximum Gasteiger partial charge on any atom is 0.390 e. The van der Waals surface area contributed by atoms with Crippen LogP contribution in [0.15, 0.2) is 6.07 Å². The Labute approximate surface area is 51.1 Å². The Bertz CT molecular complexity index is 229. The lowest BCUT2D eigenvalue weighted by molar-refractivity contribution is -0.389. The summed E-state index contributed by atoms with van der Waals surface area (Å²) in [5, 5.41) is 13.4. The van der Waals surface area contributed by atoms with Crippen LogP contribution in [-0.4, -0.2) is 14.7 Å². The zero-order valence-corrected chi connectivity index (χ0v) is 4.74. The van der Waals surface area contributed by atoms with Crippen molar-refractivity contribution in [2.45, 2.75) is 0 Å². The Morgan fingerprint density at radius 3 is 2.89 bits per heavy atom. The molecule has 1 aromatic rings. The maximum atomic E-state index is 9.92. The van der Waals surface area contributed by atoms with E-state index in [2.05, 4.69) is 11.3 Å². The van der Waals surface area contributed by atoms with Gasteiger partial charge >= 0.3 is 5.82 Å². The molecule has 1 aromatic heterocycles. The second-order valence-electron chi connectivity index (χ2n) is 1.51. The van der Waals surface area contributed by atoms with Gasteiger partial charge in [-0.1, -0.05) is 0 Å². The van der Waals surface area contributed by atoms with Crippen LogP contribution in [0.1, 0.15) is 0 Å². The van der Waals surface area contributed by atoms with Gasteiger partial charge < -0.3 is 10.1 Å². The fourth-order valence-electron chi connectivity index (χ4n) is 0.452. The van der Waals surface area contributed by atoms with Crippen molar-refractivity contribution in [3.63, 3.8) is 0 Å². The van der Waals surface area contributed by atoms with Crippen molar-refractivity contribution in [3.05, 3.63) is 22.4 Å². The van der Waals surface area contributed by atoms with E-state index < -0.39 is 4.92 Å². The van der Waals surface area contributed by atoms with Crippen LogP contribution in [0.25, 0.3) is 0 Å². The Kier molecular flexibility index (Phi) is 1.18. The Morgan fingerprint density at radius 2 is 2.67 bits per heavy atom. The van der Waals surface area contributed by atoms with Crippen LogP contribution in [0, 0.1) is 16.3 Å². The maximum absolute atomic E-state index is 9.92. The Balaban J connectivity index is 2.98. The van der Waals surface area contributed by atoms with Gasteiger partial charge in [0.1, 0.15) is 6.20 Å². The van der Waals surface area contributed by atoms with Gasteiger partial charge in [0.2, 0.25) is 0 Å². The highest BCUT2D eigenvalue weighted by Gasteiger charge is 2.07. The summed E-state index contributed by atoms with van der Waals surface area (Å²) in [7, 11) is 1.58. The summed E-state index contributed by atoms with van der Waals surface area (Å²) in [5.41, 5.74) is 0. The van der Waals surface area contributed by atoms with E-state index in [9.17, 15) is 10.1 Å². The summed E-state index contributed by atoms with van der Waals surface area (Å²) in [4.78, 5) is 9.36. The van der Waals surface area contributed by atoms with Gasteiger partial charge in [0.05, 0.1) is 18.2 Å². The number of aryl methyl sites for hydroxylation is 1. The molecule has 0 saturated carbocycles. The third-order valence-corrected chi connectivity index (χ3v) is 0.820. The van der Waals surface area contributed by atoms with E-state index in [4.69, 9.17) is 0 Å². The molecule has 0 aromatic carbocycles. The third-order valence-electron chi connectivity index (χ3n) is 0.820. The molecule has 47 valence electrons. The standard InChI is InChI=1S/C4H4N3O2/c1-6-3-2-4(5-6)7(8)9/h2H,1H3. The molecule has 0 aliphatic carbocycles. The normalized spacial score (nSPS) is 9.44. The molecular weight excluding hydrogens is 122 g/mol. The molecule has 0 atom stereocenters. The van der Waals surface area contributed by atoms with Crippen molar-refractivity contribution in [2.24, 2.45) is 7.05 Å². The predicted molar refractivity (Wildman–Crippen MR) is 28.7 cm³/mol. The van der Waals surface area contributed by atoms with Crippen molar-refractivity contribution in [3.8, 4) is 0 Å². The van der Waals surface area contributed by atoms with Crippen molar-refractivity contribution in [2.75, 3.05) is 0 Å². The Hall–Kier alpha value is -1.39. The van der Waals surface area contributed by atoms with Gasteiger partial charge in [0.15, 0.2) is 0 Å². The molecule has 0 unspecified atom stereocenters. The lowest BCUT2D eigenvalue weighted by atomic mass is 10.7. The predicted octanol–water partition coefficient (Wildman–Crippen LogP) is 0.128. The fourth-order valence-corrected chi connectivity index (χ4v) is 0.452. The quantitative estimate of drug-likeness (QED) is 0.397. The molecular formula is C4H4N3O2. The highest BCUT2D eigenvalue weighted by molar-refractivity contribution is 5.12. The van der Waals surface area contributed by atoms with E-state index >= 15 is 0 Å². The van der Waals surface area contributed by atoms with E-state index in [1.807, 2.05) is 0 Å². The second-order valence-corrected chi connectivity index (χ2v) is 1.51. The zero-order chi connectivity index (χ0) is 6.85. The largest absolute Gasteiger partial charge is 0.390 e. The number of nitrogens with zero attached hydrogens (tertiary/aromatic N) is 3. The van der Waals surface area contributed by atoms with Gasteiger partial charge in [-0.25, -0.2) is 0 Å². The minimum atomic E-state index is -0.559. The summed E-state index contributed by atoms with van der Waals surface area (Å²) in [6.45, 7) is 0. The van der Waals surface area contributed by atoms with E-state index in [-0.39, 0.29) is 5.82 Å². The molecule has 1 heterocycles. The molecule has 0 aliphatic rings. The van der Waals surface area contributed by atoms with Gasteiger partial charge in [-0.2, -0.15) is 4.68 Å². The molecule has 5 nitrogen and oxygen atoms in total. The molecule has 0 aliphatic heterocycles. The number of nitro groups is 1. The molecule has 1 rings (SSSR count). The summed E-state index contributed by atoms with van der Waals surface area (Å²) in [5.74, 6) is -0.169. The van der Waals surface area contributed by atoms with Crippen molar-refractivity contribution >= 4 is 5.82 Å². The van der Waals surface area contributed by atoms with Crippen LogP contribution in [0.3, 0.4) is 0 Å². The van der Waals surface area contributed by atoms with Crippen molar-refractivity contribution in [1.29, 1.82) is 0 Å². The van der Waals surface area contributed by atoms with Gasteiger partial charge in [-0.05, 0) is 4.92 Å². The SMILES string of the molecule is Cn1[c]cc([N+](=O)[O-])n1. The van der Waals surface area contributed by atoms with E-state index in [1.165, 1.54) is 10.7 Å². The lowest BCUT2D eigenvalue weighted by Crippen LogP contribution is -1.91. The molecule has 0 bridgehead atoms. The first-order chi connectivity index (χ1) is 4.20. The third kappa shape index (κ3) is 1.04. The molecule has 5 heteroatoms. The molecule has 0 fully saturated rings. The smallest absolute Gasteiger partial charge is 0.358 e. The minimum absolute atomic E-state index is 0.169. The first kappa shape index (κ1) is 5.74. The average Bonchev–Trinajstić information content (AvgIpc) is 2.14. The van der Waals surface area contributed by atoms with Crippen LogP contribution < -0.4 is 0 Å². The second kappa shape index (κ2) is 1.85. The first-order valence-electron chi connectivity index (χ1n) is 2.26. The average molecular weight is 126 g/mol. The first-order valence-corrected chi connectivity index (χ1v) is 2.26. The Morgan fingerprint density at radius 1 is 2.00 bits per heavy atom. The van der Waals surface area contributed by atoms with Crippen molar-refractivity contribution in [1.82, 2.24) is 9.78 Å². The number of hydrogen-bond acceptors (Lipinski definition) is 3. The molecule has 9 heavy (non-hydrogen) atoms. The minimum Gasteiger partial charge on any atom is -0.358 e. The van der Waals surface area contributed by atoms with Crippen LogP contribution in [-0.2, 0) is 7.05 Å². The summed E-state index contributed by atoms with van der Waals surface area (Å²) in [6, 6.07) is 1.22. The highest BCUT2D eigenvalue weighted by atomic mass is 16.6. The summed E-state index contributed by atoms with van der Waals surface area (Å²) < 4.78 is 1.26. The number of aromatic nitrogens is 2.